The zero-order valence-corrected chi connectivity index (χ0v) is 21.3. The van der Waals surface area contributed by atoms with Gasteiger partial charge in [-0.3, -0.25) is 4.79 Å². The van der Waals surface area contributed by atoms with Crippen molar-refractivity contribution < 1.29 is 37.3 Å². The second kappa shape index (κ2) is 11.1. The van der Waals surface area contributed by atoms with Crippen molar-refractivity contribution in [2.24, 2.45) is 0 Å². The first kappa shape index (κ1) is 27.2. The molecule has 196 valence electrons. The molecule has 0 N–H and O–H groups in total. The molecule has 0 radical (unpaired) electrons. The molecular weight excluding hydrogens is 472 g/mol. The molecule has 1 heterocycles. The zero-order valence-electron chi connectivity index (χ0n) is 21.3. The molecule has 36 heavy (non-hydrogen) atoms. The lowest BCUT2D eigenvalue weighted by molar-refractivity contribution is -0.172. The Morgan fingerprint density at radius 2 is 1.61 bits per heavy atom. The zero-order chi connectivity index (χ0) is 26.5. The molecule has 0 spiro atoms. The number of likely N-dealkylation sites (tertiary alicyclic amines) is 1. The standard InChI is InChI=1S/C27H33F2NO6/c1-26(2,14-13-18-10-7-6-8-11-18)36-24(31)20-12-9-15-30(20)25(32)27(28,29)19-16-21(33-3)23(35-5)22(17-19)34-4/h6-8,10-11,16-17,20H,9,12-15H2,1-5H3. The molecule has 0 aliphatic carbocycles. The average molecular weight is 506 g/mol. The highest BCUT2D eigenvalue weighted by Gasteiger charge is 2.50. The van der Waals surface area contributed by atoms with Crippen LogP contribution in [0.25, 0.3) is 0 Å². The van der Waals surface area contributed by atoms with Crippen molar-refractivity contribution in [2.45, 2.75) is 57.1 Å². The van der Waals surface area contributed by atoms with E-state index in [-0.39, 0.29) is 30.2 Å². The van der Waals surface area contributed by atoms with Gasteiger partial charge >= 0.3 is 11.9 Å². The fourth-order valence-electron chi connectivity index (χ4n) is 4.30. The number of hydrogen-bond acceptors (Lipinski definition) is 6. The molecule has 1 fully saturated rings. The molecule has 3 rings (SSSR count). The van der Waals surface area contributed by atoms with Crippen LogP contribution in [0.3, 0.4) is 0 Å². The van der Waals surface area contributed by atoms with Gasteiger partial charge in [-0.2, -0.15) is 8.78 Å². The molecule has 1 aliphatic heterocycles. The molecule has 0 saturated carbocycles. The molecule has 0 aromatic heterocycles. The Morgan fingerprint density at radius 3 is 2.17 bits per heavy atom. The summed E-state index contributed by atoms with van der Waals surface area (Å²) in [6.45, 7) is 3.59. The van der Waals surface area contributed by atoms with E-state index in [9.17, 15) is 9.59 Å². The van der Waals surface area contributed by atoms with E-state index >= 15 is 8.78 Å². The number of amides is 1. The van der Waals surface area contributed by atoms with E-state index in [0.717, 1.165) is 22.6 Å². The summed E-state index contributed by atoms with van der Waals surface area (Å²) in [7, 11) is 3.95. The van der Waals surface area contributed by atoms with E-state index in [1.807, 2.05) is 30.3 Å². The van der Waals surface area contributed by atoms with Crippen molar-refractivity contribution >= 4 is 11.9 Å². The number of carbonyl (C=O) groups excluding carboxylic acids is 2. The van der Waals surface area contributed by atoms with Crippen molar-refractivity contribution in [3.8, 4) is 17.2 Å². The Kier molecular flexibility index (Phi) is 8.43. The number of ether oxygens (including phenoxy) is 4. The summed E-state index contributed by atoms with van der Waals surface area (Å²) in [6.07, 6.45) is 1.91. The Morgan fingerprint density at radius 1 is 1.00 bits per heavy atom. The molecule has 9 heteroatoms. The summed E-state index contributed by atoms with van der Waals surface area (Å²) in [5.41, 5.74) is -0.350. The second-order valence-electron chi connectivity index (χ2n) is 9.31. The molecular formula is C27H33F2NO6. The quantitative estimate of drug-likeness (QED) is 0.434. The number of rotatable bonds is 10. The second-order valence-corrected chi connectivity index (χ2v) is 9.31. The number of nitrogens with zero attached hydrogens (tertiary/aromatic N) is 1. The highest BCUT2D eigenvalue weighted by Crippen LogP contribution is 2.43. The van der Waals surface area contributed by atoms with Crippen molar-refractivity contribution in [3.63, 3.8) is 0 Å². The summed E-state index contributed by atoms with van der Waals surface area (Å²) in [4.78, 5) is 27.0. The Balaban J connectivity index is 1.76. The van der Waals surface area contributed by atoms with E-state index in [2.05, 4.69) is 0 Å². The molecule has 1 amide bonds. The molecule has 7 nitrogen and oxygen atoms in total. The minimum Gasteiger partial charge on any atom is -0.493 e. The van der Waals surface area contributed by atoms with E-state index in [1.165, 1.54) is 21.3 Å². The lowest BCUT2D eigenvalue weighted by Gasteiger charge is -2.31. The smallest absolute Gasteiger partial charge is 0.350 e. The average Bonchev–Trinajstić information content (AvgIpc) is 3.36. The fourth-order valence-corrected chi connectivity index (χ4v) is 4.30. The number of methoxy groups -OCH3 is 3. The van der Waals surface area contributed by atoms with Crippen LogP contribution in [0, 0.1) is 0 Å². The largest absolute Gasteiger partial charge is 0.493 e. The number of hydrogen-bond donors (Lipinski definition) is 0. The molecule has 1 aliphatic rings. The van der Waals surface area contributed by atoms with E-state index in [1.54, 1.807) is 13.8 Å². The highest BCUT2D eigenvalue weighted by molar-refractivity contribution is 5.90. The third-order valence-electron chi connectivity index (χ3n) is 6.32. The third kappa shape index (κ3) is 5.88. The van der Waals surface area contributed by atoms with Gasteiger partial charge in [0, 0.05) is 12.1 Å². The minimum absolute atomic E-state index is 0.00290. The van der Waals surface area contributed by atoms with Gasteiger partial charge in [0.25, 0.3) is 5.91 Å². The first-order valence-electron chi connectivity index (χ1n) is 11.8. The van der Waals surface area contributed by atoms with Gasteiger partial charge in [0.05, 0.1) is 21.3 Å². The van der Waals surface area contributed by atoms with Crippen LogP contribution < -0.4 is 14.2 Å². The van der Waals surface area contributed by atoms with Crippen molar-refractivity contribution in [3.05, 3.63) is 53.6 Å². The maximum Gasteiger partial charge on any atom is 0.350 e. The van der Waals surface area contributed by atoms with E-state index in [0.29, 0.717) is 19.3 Å². The van der Waals surface area contributed by atoms with Crippen LogP contribution in [0.5, 0.6) is 17.2 Å². The molecule has 2 aromatic carbocycles. The predicted octanol–water partition coefficient (Wildman–Crippen LogP) is 4.75. The van der Waals surface area contributed by atoms with Crippen LogP contribution in [0.15, 0.2) is 42.5 Å². The monoisotopic (exact) mass is 505 g/mol. The normalized spacial score (nSPS) is 16.0. The van der Waals surface area contributed by atoms with Crippen LogP contribution in [-0.2, 0) is 26.7 Å². The summed E-state index contributed by atoms with van der Waals surface area (Å²) in [6, 6.07) is 10.8. The summed E-state index contributed by atoms with van der Waals surface area (Å²) in [5.74, 6) is -5.96. The summed E-state index contributed by atoms with van der Waals surface area (Å²) < 4.78 is 52.1. The van der Waals surface area contributed by atoms with Crippen molar-refractivity contribution in [2.75, 3.05) is 27.9 Å². The predicted molar refractivity (Wildman–Crippen MR) is 130 cm³/mol. The first-order chi connectivity index (χ1) is 17.0. The number of carbonyl (C=O) groups is 2. The maximum absolute atomic E-state index is 15.5. The van der Waals surface area contributed by atoms with Gasteiger partial charge in [-0.05, 0) is 57.2 Å². The van der Waals surface area contributed by atoms with Gasteiger partial charge in [0.1, 0.15) is 11.6 Å². The van der Waals surface area contributed by atoms with Gasteiger partial charge < -0.3 is 23.8 Å². The minimum atomic E-state index is -3.93. The van der Waals surface area contributed by atoms with Gasteiger partial charge in [0.15, 0.2) is 11.5 Å². The van der Waals surface area contributed by atoms with Gasteiger partial charge in [-0.1, -0.05) is 30.3 Å². The lowest BCUT2D eigenvalue weighted by Crippen LogP contribution is -2.49. The van der Waals surface area contributed by atoms with Crippen LogP contribution in [-0.4, -0.2) is 56.3 Å². The SMILES string of the molecule is COc1cc(C(F)(F)C(=O)N2CCCC2C(=O)OC(C)(C)CCc2ccccc2)cc(OC)c1OC. The van der Waals surface area contributed by atoms with Gasteiger partial charge in [0.2, 0.25) is 5.75 Å². The third-order valence-corrected chi connectivity index (χ3v) is 6.32. The highest BCUT2D eigenvalue weighted by atomic mass is 19.3. The van der Waals surface area contributed by atoms with E-state index < -0.39 is 35.0 Å². The van der Waals surface area contributed by atoms with Crippen LogP contribution in [0.1, 0.15) is 44.2 Å². The van der Waals surface area contributed by atoms with Crippen LogP contribution in [0.4, 0.5) is 8.78 Å². The number of benzene rings is 2. The van der Waals surface area contributed by atoms with Crippen LogP contribution in [0.2, 0.25) is 0 Å². The number of halogens is 2. The number of alkyl halides is 2. The van der Waals surface area contributed by atoms with Crippen LogP contribution >= 0.6 is 0 Å². The first-order valence-corrected chi connectivity index (χ1v) is 11.8. The number of aryl methyl sites for hydroxylation is 1. The number of esters is 1. The molecule has 1 unspecified atom stereocenters. The lowest BCUT2D eigenvalue weighted by atomic mass is 9.98. The fraction of sp³-hybridized carbons (Fsp3) is 0.481. The molecule has 0 bridgehead atoms. The molecule has 1 saturated heterocycles. The maximum atomic E-state index is 15.5. The van der Waals surface area contributed by atoms with Gasteiger partial charge in [-0.15, -0.1) is 0 Å². The van der Waals surface area contributed by atoms with Crippen molar-refractivity contribution in [1.82, 2.24) is 4.90 Å². The summed E-state index contributed by atoms with van der Waals surface area (Å²) >= 11 is 0. The Labute approximate surface area is 210 Å². The topological polar surface area (TPSA) is 74.3 Å². The molecule has 2 aromatic rings. The Hall–Kier alpha value is -3.36. The molecule has 1 atom stereocenters. The Bertz CT molecular complexity index is 1050. The van der Waals surface area contributed by atoms with Crippen molar-refractivity contribution in [1.29, 1.82) is 0 Å². The van der Waals surface area contributed by atoms with E-state index in [4.69, 9.17) is 18.9 Å². The van der Waals surface area contributed by atoms with Gasteiger partial charge in [-0.25, -0.2) is 4.79 Å². The summed E-state index contributed by atoms with van der Waals surface area (Å²) in [5, 5.41) is 0.